The minimum atomic E-state index is -0.376. The van der Waals surface area contributed by atoms with Crippen molar-refractivity contribution in [2.24, 2.45) is 0 Å². The summed E-state index contributed by atoms with van der Waals surface area (Å²) < 4.78 is 5.53. The van der Waals surface area contributed by atoms with Crippen molar-refractivity contribution in [2.45, 2.75) is 26.4 Å². The van der Waals surface area contributed by atoms with Crippen LogP contribution in [0.15, 0.2) is 18.0 Å². The molecule has 1 saturated heterocycles. The molecule has 1 aliphatic rings. The molecule has 1 fully saturated rings. The van der Waals surface area contributed by atoms with Gasteiger partial charge in [0.15, 0.2) is 5.13 Å². The molecule has 0 spiro atoms. The maximum Gasteiger partial charge on any atom is 0.251 e. The largest absolute Gasteiger partial charge is 0.368 e. The van der Waals surface area contributed by atoms with Crippen molar-refractivity contribution in [2.75, 3.05) is 37.7 Å². The number of rotatable bonds is 6. The highest BCUT2D eigenvalue weighted by Gasteiger charge is 2.26. The second kappa shape index (κ2) is 7.56. The minimum absolute atomic E-state index is 0.0778. The number of aryl methyl sites for hydroxylation is 1. The summed E-state index contributed by atoms with van der Waals surface area (Å²) in [6.45, 7) is 11.1. The van der Waals surface area contributed by atoms with Gasteiger partial charge in [0.05, 0.1) is 12.3 Å². The van der Waals surface area contributed by atoms with Gasteiger partial charge in [-0.1, -0.05) is 6.08 Å². The van der Waals surface area contributed by atoms with Crippen LogP contribution in [0.25, 0.3) is 0 Å². The smallest absolute Gasteiger partial charge is 0.251 e. The number of hydrogen-bond acceptors (Lipinski definition) is 5. The van der Waals surface area contributed by atoms with Crippen molar-refractivity contribution in [1.82, 2.24) is 9.88 Å². The number of aromatic nitrogens is 1. The van der Waals surface area contributed by atoms with Crippen LogP contribution in [0.2, 0.25) is 0 Å². The average molecular weight is 309 g/mol. The van der Waals surface area contributed by atoms with E-state index >= 15 is 0 Å². The molecule has 0 bridgehead atoms. The first kappa shape index (κ1) is 16.0. The first-order valence-electron chi connectivity index (χ1n) is 7.30. The highest BCUT2D eigenvalue weighted by molar-refractivity contribution is 7.13. The topological polar surface area (TPSA) is 45.7 Å². The van der Waals surface area contributed by atoms with Gasteiger partial charge in [-0.05, 0) is 20.3 Å². The van der Waals surface area contributed by atoms with Gasteiger partial charge >= 0.3 is 0 Å². The van der Waals surface area contributed by atoms with E-state index in [9.17, 15) is 4.79 Å². The summed E-state index contributed by atoms with van der Waals surface area (Å²) in [6.07, 6.45) is 2.19. The molecule has 0 saturated carbocycles. The molecular weight excluding hydrogens is 286 g/mol. The Balaban J connectivity index is 1.80. The number of amides is 1. The SMILES string of the molecule is C=CCCOC(C)C(=O)N1CCN(c2nc(C)cs2)CC1. The molecule has 116 valence electrons. The molecule has 0 N–H and O–H groups in total. The molecule has 0 aromatic carbocycles. The van der Waals surface area contributed by atoms with Gasteiger partial charge in [0, 0.05) is 31.6 Å². The van der Waals surface area contributed by atoms with Gasteiger partial charge in [0.1, 0.15) is 6.10 Å². The molecule has 2 heterocycles. The summed E-state index contributed by atoms with van der Waals surface area (Å²) in [7, 11) is 0. The van der Waals surface area contributed by atoms with Crippen molar-refractivity contribution in [3.63, 3.8) is 0 Å². The average Bonchev–Trinajstić information content (AvgIpc) is 2.93. The monoisotopic (exact) mass is 309 g/mol. The fourth-order valence-corrected chi connectivity index (χ4v) is 3.12. The normalized spacial score (nSPS) is 16.9. The fourth-order valence-electron chi connectivity index (χ4n) is 2.26. The van der Waals surface area contributed by atoms with E-state index in [1.165, 1.54) is 0 Å². The number of anilines is 1. The van der Waals surface area contributed by atoms with E-state index in [4.69, 9.17) is 4.74 Å². The minimum Gasteiger partial charge on any atom is -0.368 e. The van der Waals surface area contributed by atoms with E-state index in [0.717, 1.165) is 43.4 Å². The molecule has 5 nitrogen and oxygen atoms in total. The Morgan fingerprint density at radius 2 is 2.24 bits per heavy atom. The molecule has 1 aromatic heterocycles. The Labute approximate surface area is 130 Å². The van der Waals surface area contributed by atoms with Gasteiger partial charge < -0.3 is 14.5 Å². The van der Waals surface area contributed by atoms with E-state index in [1.54, 1.807) is 17.4 Å². The van der Waals surface area contributed by atoms with E-state index in [-0.39, 0.29) is 12.0 Å². The number of carbonyl (C=O) groups is 1. The third kappa shape index (κ3) is 4.28. The Morgan fingerprint density at radius 1 is 1.52 bits per heavy atom. The number of thiazole rings is 1. The van der Waals surface area contributed by atoms with Gasteiger partial charge in [-0.3, -0.25) is 4.79 Å². The molecule has 1 aliphatic heterocycles. The summed E-state index contributed by atoms with van der Waals surface area (Å²) in [5, 5.41) is 3.11. The lowest BCUT2D eigenvalue weighted by Crippen LogP contribution is -2.51. The molecule has 0 aliphatic carbocycles. The number of ether oxygens (including phenoxy) is 1. The maximum absolute atomic E-state index is 12.3. The van der Waals surface area contributed by atoms with Gasteiger partial charge in [-0.15, -0.1) is 17.9 Å². The van der Waals surface area contributed by atoms with Gasteiger partial charge in [-0.2, -0.15) is 0 Å². The van der Waals surface area contributed by atoms with Gasteiger partial charge in [0.2, 0.25) is 0 Å². The van der Waals surface area contributed by atoms with Crippen LogP contribution < -0.4 is 4.90 Å². The molecule has 2 rings (SSSR count). The van der Waals surface area contributed by atoms with Gasteiger partial charge in [-0.25, -0.2) is 4.98 Å². The lowest BCUT2D eigenvalue weighted by atomic mass is 10.2. The summed E-state index contributed by atoms with van der Waals surface area (Å²) >= 11 is 1.66. The molecule has 0 radical (unpaired) electrons. The molecule has 6 heteroatoms. The Morgan fingerprint density at radius 3 is 2.81 bits per heavy atom. The predicted molar refractivity (Wildman–Crippen MR) is 85.9 cm³/mol. The van der Waals surface area contributed by atoms with Crippen molar-refractivity contribution in [3.8, 4) is 0 Å². The van der Waals surface area contributed by atoms with Crippen LogP contribution in [-0.4, -0.2) is 54.7 Å². The van der Waals surface area contributed by atoms with Crippen LogP contribution in [0.3, 0.4) is 0 Å². The molecular formula is C15H23N3O2S. The number of nitrogens with zero attached hydrogens (tertiary/aromatic N) is 3. The first-order chi connectivity index (χ1) is 10.1. The quantitative estimate of drug-likeness (QED) is 0.596. The van der Waals surface area contributed by atoms with E-state index in [1.807, 2.05) is 18.7 Å². The van der Waals surface area contributed by atoms with E-state index in [0.29, 0.717) is 6.61 Å². The zero-order chi connectivity index (χ0) is 15.2. The van der Waals surface area contributed by atoms with Gasteiger partial charge in [0.25, 0.3) is 5.91 Å². The standard InChI is InChI=1S/C15H23N3O2S/c1-4-5-10-20-13(3)14(19)17-6-8-18(9-7-17)15-16-12(2)11-21-15/h4,11,13H,1,5-10H2,2-3H3. The van der Waals surface area contributed by atoms with Crippen molar-refractivity contribution in [1.29, 1.82) is 0 Å². The van der Waals surface area contributed by atoms with E-state index < -0.39 is 0 Å². The zero-order valence-corrected chi connectivity index (χ0v) is 13.6. The third-order valence-corrected chi connectivity index (χ3v) is 4.53. The Kier molecular flexibility index (Phi) is 5.76. The summed E-state index contributed by atoms with van der Waals surface area (Å²) in [5.74, 6) is 0.0778. The summed E-state index contributed by atoms with van der Waals surface area (Å²) in [6, 6.07) is 0. The second-order valence-corrected chi connectivity index (χ2v) is 6.01. The van der Waals surface area contributed by atoms with Crippen LogP contribution in [0.1, 0.15) is 19.0 Å². The molecule has 1 unspecified atom stereocenters. The Hall–Kier alpha value is -1.40. The molecule has 1 atom stereocenters. The van der Waals surface area contributed by atoms with Crippen molar-refractivity contribution < 1.29 is 9.53 Å². The first-order valence-corrected chi connectivity index (χ1v) is 8.18. The van der Waals surface area contributed by atoms with Crippen LogP contribution in [0.4, 0.5) is 5.13 Å². The van der Waals surface area contributed by atoms with Crippen molar-refractivity contribution in [3.05, 3.63) is 23.7 Å². The number of carbonyl (C=O) groups excluding carboxylic acids is 1. The molecule has 1 amide bonds. The lowest BCUT2D eigenvalue weighted by molar-refractivity contribution is -0.142. The highest BCUT2D eigenvalue weighted by atomic mass is 32.1. The lowest BCUT2D eigenvalue weighted by Gasteiger charge is -2.35. The highest BCUT2D eigenvalue weighted by Crippen LogP contribution is 2.21. The third-order valence-electron chi connectivity index (χ3n) is 3.51. The summed E-state index contributed by atoms with van der Waals surface area (Å²) in [4.78, 5) is 20.9. The summed E-state index contributed by atoms with van der Waals surface area (Å²) in [5.41, 5.74) is 1.05. The number of hydrogen-bond donors (Lipinski definition) is 0. The van der Waals surface area contributed by atoms with Crippen LogP contribution in [0.5, 0.6) is 0 Å². The van der Waals surface area contributed by atoms with Crippen LogP contribution in [0, 0.1) is 6.92 Å². The van der Waals surface area contributed by atoms with Crippen LogP contribution in [-0.2, 0) is 9.53 Å². The van der Waals surface area contributed by atoms with Crippen molar-refractivity contribution >= 4 is 22.4 Å². The molecule has 1 aromatic rings. The van der Waals surface area contributed by atoms with Crippen LogP contribution >= 0.6 is 11.3 Å². The zero-order valence-electron chi connectivity index (χ0n) is 12.7. The fraction of sp³-hybridized carbons (Fsp3) is 0.600. The Bertz CT molecular complexity index is 481. The number of piperazine rings is 1. The predicted octanol–water partition coefficient (Wildman–Crippen LogP) is 2.08. The second-order valence-electron chi connectivity index (χ2n) is 5.17. The maximum atomic E-state index is 12.3. The van der Waals surface area contributed by atoms with E-state index in [2.05, 4.69) is 21.8 Å². The molecule has 21 heavy (non-hydrogen) atoms.